The van der Waals surface area contributed by atoms with E-state index < -0.39 is 18.4 Å². The van der Waals surface area contributed by atoms with Crippen LogP contribution in [-0.4, -0.2) is 28.2 Å². The van der Waals surface area contributed by atoms with E-state index in [1.54, 1.807) is 0 Å². The third-order valence-electron chi connectivity index (χ3n) is 2.76. The fourth-order valence-corrected chi connectivity index (χ4v) is 1.80. The summed E-state index contributed by atoms with van der Waals surface area (Å²) in [7, 11) is 1.51. The molecule has 0 radical (unpaired) electrons. The molecule has 0 saturated carbocycles. The van der Waals surface area contributed by atoms with Crippen LogP contribution in [0.3, 0.4) is 0 Å². The Balaban J connectivity index is 2.14. The molecule has 1 heterocycles. The van der Waals surface area contributed by atoms with Crippen molar-refractivity contribution < 1.29 is 23.1 Å². The molecular weight excluding hydrogens is 298 g/mol. The standard InChI is InChI=1S/C13H12F2N4O3/c1-19-10(11(16)20)9(6-17-19)18-12(21)7-2-4-8(5-3-7)22-13(14)15/h2-6,13H,1H3,(H2,16,20)(H,18,21). The summed E-state index contributed by atoms with van der Waals surface area (Å²) in [5.41, 5.74) is 5.60. The van der Waals surface area contributed by atoms with Crippen molar-refractivity contribution >= 4 is 17.5 Å². The summed E-state index contributed by atoms with van der Waals surface area (Å²) in [6, 6.07) is 5.10. The largest absolute Gasteiger partial charge is 0.435 e. The fourth-order valence-electron chi connectivity index (χ4n) is 1.80. The van der Waals surface area contributed by atoms with Gasteiger partial charge in [0.1, 0.15) is 11.4 Å². The van der Waals surface area contributed by atoms with Gasteiger partial charge < -0.3 is 15.8 Å². The zero-order valence-electron chi connectivity index (χ0n) is 11.4. The molecule has 9 heteroatoms. The number of aryl methyl sites for hydroxylation is 1. The maximum absolute atomic E-state index is 12.0. The lowest BCUT2D eigenvalue weighted by atomic mass is 10.2. The molecule has 0 fully saturated rings. The van der Waals surface area contributed by atoms with Gasteiger partial charge in [-0.05, 0) is 24.3 Å². The third-order valence-corrected chi connectivity index (χ3v) is 2.76. The van der Waals surface area contributed by atoms with E-state index >= 15 is 0 Å². The highest BCUT2D eigenvalue weighted by molar-refractivity contribution is 6.08. The topological polar surface area (TPSA) is 99.2 Å². The van der Waals surface area contributed by atoms with Gasteiger partial charge in [0.2, 0.25) is 0 Å². The van der Waals surface area contributed by atoms with Crippen molar-refractivity contribution in [3.05, 3.63) is 41.7 Å². The van der Waals surface area contributed by atoms with Gasteiger partial charge in [-0.15, -0.1) is 0 Å². The average molecular weight is 310 g/mol. The van der Waals surface area contributed by atoms with Crippen LogP contribution in [0.1, 0.15) is 20.8 Å². The lowest BCUT2D eigenvalue weighted by Gasteiger charge is -2.07. The number of nitrogens with zero attached hydrogens (tertiary/aromatic N) is 2. The van der Waals surface area contributed by atoms with Crippen LogP contribution in [0.4, 0.5) is 14.5 Å². The lowest BCUT2D eigenvalue weighted by molar-refractivity contribution is -0.0498. The van der Waals surface area contributed by atoms with Gasteiger partial charge in [0, 0.05) is 12.6 Å². The van der Waals surface area contributed by atoms with E-state index in [0.29, 0.717) is 0 Å². The van der Waals surface area contributed by atoms with Crippen LogP contribution < -0.4 is 15.8 Å². The number of benzene rings is 1. The summed E-state index contributed by atoms with van der Waals surface area (Å²) in [4.78, 5) is 23.3. The van der Waals surface area contributed by atoms with Gasteiger partial charge in [0.15, 0.2) is 0 Å². The van der Waals surface area contributed by atoms with Crippen LogP contribution >= 0.6 is 0 Å². The second kappa shape index (κ2) is 6.20. The smallest absolute Gasteiger partial charge is 0.387 e. The number of alkyl halides is 2. The minimum atomic E-state index is -2.94. The van der Waals surface area contributed by atoms with Crippen LogP contribution in [-0.2, 0) is 7.05 Å². The Kier molecular flexibility index (Phi) is 4.35. The van der Waals surface area contributed by atoms with Crippen molar-refractivity contribution in [1.29, 1.82) is 0 Å². The molecule has 0 unspecified atom stereocenters. The summed E-state index contributed by atoms with van der Waals surface area (Å²) in [5, 5.41) is 6.31. The van der Waals surface area contributed by atoms with Crippen molar-refractivity contribution in [1.82, 2.24) is 9.78 Å². The Labute approximate surface area is 123 Å². The summed E-state index contributed by atoms with van der Waals surface area (Å²) >= 11 is 0. The van der Waals surface area contributed by atoms with Gasteiger partial charge in [0.25, 0.3) is 11.8 Å². The summed E-state index contributed by atoms with van der Waals surface area (Å²) in [6.45, 7) is -2.94. The van der Waals surface area contributed by atoms with Crippen LogP contribution in [0.2, 0.25) is 0 Å². The fraction of sp³-hybridized carbons (Fsp3) is 0.154. The minimum Gasteiger partial charge on any atom is -0.435 e. The molecule has 0 spiro atoms. The second-order valence-corrected chi connectivity index (χ2v) is 4.25. The highest BCUT2D eigenvalue weighted by Gasteiger charge is 2.17. The maximum Gasteiger partial charge on any atom is 0.387 e. The van der Waals surface area contributed by atoms with E-state index in [0.717, 1.165) is 0 Å². The first-order valence-electron chi connectivity index (χ1n) is 6.06. The quantitative estimate of drug-likeness (QED) is 0.871. The third kappa shape index (κ3) is 3.37. The number of amides is 2. The van der Waals surface area contributed by atoms with E-state index in [1.165, 1.54) is 42.2 Å². The van der Waals surface area contributed by atoms with Crippen LogP contribution in [0.25, 0.3) is 0 Å². The van der Waals surface area contributed by atoms with Crippen molar-refractivity contribution in [3.63, 3.8) is 0 Å². The first-order chi connectivity index (χ1) is 10.4. The molecule has 2 aromatic rings. The first-order valence-corrected chi connectivity index (χ1v) is 6.06. The Morgan fingerprint density at radius 3 is 2.50 bits per heavy atom. The Morgan fingerprint density at radius 2 is 1.95 bits per heavy atom. The zero-order valence-corrected chi connectivity index (χ0v) is 11.4. The highest BCUT2D eigenvalue weighted by atomic mass is 19.3. The normalized spacial score (nSPS) is 10.5. The number of rotatable bonds is 5. The molecule has 2 rings (SSSR count). The number of nitrogens with two attached hydrogens (primary N) is 1. The number of carbonyl (C=O) groups excluding carboxylic acids is 2. The molecule has 0 saturated heterocycles. The number of anilines is 1. The van der Waals surface area contributed by atoms with Gasteiger partial charge >= 0.3 is 6.61 Å². The van der Waals surface area contributed by atoms with Gasteiger partial charge in [0.05, 0.1) is 11.9 Å². The predicted octanol–water partition coefficient (Wildman–Crippen LogP) is 1.37. The SMILES string of the molecule is Cn1ncc(NC(=O)c2ccc(OC(F)F)cc2)c1C(N)=O. The second-order valence-electron chi connectivity index (χ2n) is 4.25. The number of hydrogen-bond donors (Lipinski definition) is 2. The van der Waals surface area contributed by atoms with Crippen LogP contribution in [0.5, 0.6) is 5.75 Å². The Morgan fingerprint density at radius 1 is 1.32 bits per heavy atom. The van der Waals surface area contributed by atoms with Gasteiger partial charge in [-0.1, -0.05) is 0 Å². The monoisotopic (exact) mass is 310 g/mol. The number of primary amides is 1. The molecule has 0 aliphatic rings. The van der Waals surface area contributed by atoms with Crippen molar-refractivity contribution in [3.8, 4) is 5.75 Å². The summed E-state index contributed by atoms with van der Waals surface area (Å²) < 4.78 is 29.5. The van der Waals surface area contributed by atoms with Crippen molar-refractivity contribution in [2.75, 3.05) is 5.32 Å². The number of aromatic nitrogens is 2. The molecular formula is C13H12F2N4O3. The number of halogens is 2. The van der Waals surface area contributed by atoms with E-state index in [-0.39, 0.29) is 22.7 Å². The molecule has 1 aromatic carbocycles. The number of nitrogens with one attached hydrogen (secondary N) is 1. The predicted molar refractivity (Wildman–Crippen MR) is 72.8 cm³/mol. The molecule has 2 amide bonds. The summed E-state index contributed by atoms with van der Waals surface area (Å²) in [6.07, 6.45) is 1.28. The molecule has 3 N–H and O–H groups in total. The average Bonchev–Trinajstić information content (AvgIpc) is 2.79. The van der Waals surface area contributed by atoms with Gasteiger partial charge in [-0.25, -0.2) is 0 Å². The van der Waals surface area contributed by atoms with Crippen LogP contribution in [0, 0.1) is 0 Å². The maximum atomic E-state index is 12.0. The lowest BCUT2D eigenvalue weighted by Crippen LogP contribution is -2.20. The first kappa shape index (κ1) is 15.4. The zero-order chi connectivity index (χ0) is 16.3. The van der Waals surface area contributed by atoms with E-state index in [2.05, 4.69) is 15.2 Å². The minimum absolute atomic E-state index is 0.0472. The van der Waals surface area contributed by atoms with Crippen LogP contribution in [0.15, 0.2) is 30.5 Å². The van der Waals surface area contributed by atoms with Crippen molar-refractivity contribution in [2.45, 2.75) is 6.61 Å². The highest BCUT2D eigenvalue weighted by Crippen LogP contribution is 2.18. The van der Waals surface area contributed by atoms with E-state index in [9.17, 15) is 18.4 Å². The summed E-state index contributed by atoms with van der Waals surface area (Å²) in [5.74, 6) is -1.35. The Hall–Kier alpha value is -2.97. The molecule has 7 nitrogen and oxygen atoms in total. The molecule has 0 atom stereocenters. The van der Waals surface area contributed by atoms with Crippen molar-refractivity contribution in [2.24, 2.45) is 12.8 Å². The molecule has 0 aliphatic heterocycles. The number of carbonyl (C=O) groups is 2. The molecule has 0 bridgehead atoms. The number of ether oxygens (including phenoxy) is 1. The van der Waals surface area contributed by atoms with Gasteiger partial charge in [-0.2, -0.15) is 13.9 Å². The van der Waals surface area contributed by atoms with E-state index in [4.69, 9.17) is 5.73 Å². The number of hydrogen-bond acceptors (Lipinski definition) is 4. The van der Waals surface area contributed by atoms with Gasteiger partial charge in [-0.3, -0.25) is 14.3 Å². The Bertz CT molecular complexity index is 698. The molecule has 22 heavy (non-hydrogen) atoms. The molecule has 1 aromatic heterocycles. The van der Waals surface area contributed by atoms with E-state index in [1.807, 2.05) is 0 Å². The molecule has 0 aliphatic carbocycles. The molecule has 116 valence electrons.